The lowest BCUT2D eigenvalue weighted by atomic mass is 9.97. The zero-order valence-electron chi connectivity index (χ0n) is 9.31. The standard InChI is InChI=1S/C11H17N3O2/c1-8-11(15,3-5-16-8)7-14-10-6-9(12)2-4-13-10/h2,4,6,8,15H,3,5,7H2,1H3,(H3,12,13,14). The second kappa shape index (κ2) is 4.27. The van der Waals surface area contributed by atoms with Crippen molar-refractivity contribution in [2.45, 2.75) is 25.0 Å². The average molecular weight is 223 g/mol. The van der Waals surface area contributed by atoms with Crippen LogP contribution in [0.4, 0.5) is 11.5 Å². The highest BCUT2D eigenvalue weighted by molar-refractivity contribution is 5.48. The molecule has 0 saturated carbocycles. The van der Waals surface area contributed by atoms with Crippen molar-refractivity contribution in [3.8, 4) is 0 Å². The Morgan fingerprint density at radius 3 is 3.19 bits per heavy atom. The van der Waals surface area contributed by atoms with Crippen molar-refractivity contribution < 1.29 is 9.84 Å². The third kappa shape index (κ3) is 2.25. The largest absolute Gasteiger partial charge is 0.399 e. The molecule has 2 unspecified atom stereocenters. The molecule has 1 aromatic rings. The summed E-state index contributed by atoms with van der Waals surface area (Å²) >= 11 is 0. The van der Waals surface area contributed by atoms with Gasteiger partial charge >= 0.3 is 0 Å². The fourth-order valence-electron chi connectivity index (χ4n) is 1.79. The number of nitrogen functional groups attached to an aromatic ring is 1. The van der Waals surface area contributed by atoms with Crippen LogP contribution in [0.5, 0.6) is 0 Å². The summed E-state index contributed by atoms with van der Waals surface area (Å²) in [5.41, 5.74) is 5.48. The van der Waals surface area contributed by atoms with Crippen LogP contribution < -0.4 is 11.1 Å². The molecule has 0 aliphatic carbocycles. The van der Waals surface area contributed by atoms with E-state index >= 15 is 0 Å². The van der Waals surface area contributed by atoms with Crippen LogP contribution in [0.3, 0.4) is 0 Å². The van der Waals surface area contributed by atoms with Gasteiger partial charge in [0.05, 0.1) is 6.10 Å². The van der Waals surface area contributed by atoms with Gasteiger partial charge in [0, 0.05) is 37.5 Å². The van der Waals surface area contributed by atoms with Crippen LogP contribution in [0.25, 0.3) is 0 Å². The number of pyridine rings is 1. The summed E-state index contributed by atoms with van der Waals surface area (Å²) in [6.45, 7) is 2.90. The topological polar surface area (TPSA) is 80.4 Å². The van der Waals surface area contributed by atoms with Gasteiger partial charge in [-0.2, -0.15) is 0 Å². The number of nitrogens with one attached hydrogen (secondary N) is 1. The van der Waals surface area contributed by atoms with Crippen LogP contribution in [0, 0.1) is 0 Å². The number of rotatable bonds is 3. The van der Waals surface area contributed by atoms with Gasteiger partial charge in [-0.05, 0) is 13.0 Å². The molecule has 16 heavy (non-hydrogen) atoms. The number of hydrogen-bond acceptors (Lipinski definition) is 5. The quantitative estimate of drug-likeness (QED) is 0.699. The van der Waals surface area contributed by atoms with Crippen LogP contribution in [0.2, 0.25) is 0 Å². The average Bonchev–Trinajstić information content (AvgIpc) is 2.58. The minimum Gasteiger partial charge on any atom is -0.399 e. The molecule has 1 aliphatic rings. The second-order valence-electron chi connectivity index (χ2n) is 4.19. The zero-order chi connectivity index (χ0) is 11.6. The second-order valence-corrected chi connectivity index (χ2v) is 4.19. The van der Waals surface area contributed by atoms with E-state index in [-0.39, 0.29) is 6.10 Å². The first-order chi connectivity index (χ1) is 7.60. The van der Waals surface area contributed by atoms with Crippen molar-refractivity contribution in [3.05, 3.63) is 18.3 Å². The van der Waals surface area contributed by atoms with E-state index in [1.165, 1.54) is 0 Å². The van der Waals surface area contributed by atoms with Gasteiger partial charge in [0.1, 0.15) is 11.4 Å². The van der Waals surface area contributed by atoms with E-state index in [1.807, 2.05) is 6.92 Å². The molecule has 5 nitrogen and oxygen atoms in total. The molecule has 2 rings (SSSR count). The molecule has 2 heterocycles. The van der Waals surface area contributed by atoms with Gasteiger partial charge in [-0.3, -0.25) is 0 Å². The number of ether oxygens (including phenoxy) is 1. The first kappa shape index (κ1) is 11.2. The van der Waals surface area contributed by atoms with Crippen molar-refractivity contribution in [1.82, 2.24) is 4.98 Å². The Bertz CT molecular complexity index is 372. The minimum atomic E-state index is -0.813. The van der Waals surface area contributed by atoms with Gasteiger partial charge < -0.3 is 20.9 Å². The molecule has 0 aromatic carbocycles. The fraction of sp³-hybridized carbons (Fsp3) is 0.545. The molecule has 1 saturated heterocycles. The van der Waals surface area contributed by atoms with Crippen molar-refractivity contribution >= 4 is 11.5 Å². The number of nitrogens with zero attached hydrogens (tertiary/aromatic N) is 1. The molecule has 0 amide bonds. The Hall–Kier alpha value is -1.33. The van der Waals surface area contributed by atoms with Crippen LogP contribution in [-0.2, 0) is 4.74 Å². The van der Waals surface area contributed by atoms with Crippen molar-refractivity contribution in [3.63, 3.8) is 0 Å². The minimum absolute atomic E-state index is 0.152. The molecular formula is C11H17N3O2. The van der Waals surface area contributed by atoms with E-state index in [2.05, 4.69) is 10.3 Å². The predicted octanol–water partition coefficient (Wildman–Crippen LogP) is 0.616. The number of aromatic nitrogens is 1. The first-order valence-electron chi connectivity index (χ1n) is 5.39. The number of nitrogens with two attached hydrogens (primary N) is 1. The van der Waals surface area contributed by atoms with Gasteiger partial charge in [0.25, 0.3) is 0 Å². The highest BCUT2D eigenvalue weighted by Crippen LogP contribution is 2.25. The maximum Gasteiger partial charge on any atom is 0.128 e. The van der Waals surface area contributed by atoms with Crippen LogP contribution in [0.15, 0.2) is 18.3 Å². The number of hydrogen-bond donors (Lipinski definition) is 3. The molecule has 1 aliphatic heterocycles. The molecule has 0 spiro atoms. The summed E-state index contributed by atoms with van der Waals surface area (Å²) in [4.78, 5) is 4.11. The van der Waals surface area contributed by atoms with Crippen LogP contribution >= 0.6 is 0 Å². The highest BCUT2D eigenvalue weighted by Gasteiger charge is 2.39. The molecule has 5 heteroatoms. The van der Waals surface area contributed by atoms with E-state index in [9.17, 15) is 5.11 Å². The van der Waals surface area contributed by atoms with E-state index in [4.69, 9.17) is 10.5 Å². The summed E-state index contributed by atoms with van der Waals surface area (Å²) < 4.78 is 5.35. The fourth-order valence-corrected chi connectivity index (χ4v) is 1.79. The maximum atomic E-state index is 10.2. The van der Waals surface area contributed by atoms with Gasteiger partial charge in [-0.25, -0.2) is 4.98 Å². The van der Waals surface area contributed by atoms with Crippen molar-refractivity contribution in [2.24, 2.45) is 0 Å². The van der Waals surface area contributed by atoms with Gasteiger partial charge in [0.2, 0.25) is 0 Å². The Labute approximate surface area is 94.6 Å². The molecule has 88 valence electrons. The summed E-state index contributed by atoms with van der Waals surface area (Å²) in [5, 5.41) is 13.3. The molecule has 0 bridgehead atoms. The summed E-state index contributed by atoms with van der Waals surface area (Å²) in [6.07, 6.45) is 2.13. The lowest BCUT2D eigenvalue weighted by Crippen LogP contribution is -2.43. The summed E-state index contributed by atoms with van der Waals surface area (Å²) in [7, 11) is 0. The highest BCUT2D eigenvalue weighted by atomic mass is 16.5. The number of aliphatic hydroxyl groups is 1. The molecule has 2 atom stereocenters. The van der Waals surface area contributed by atoms with Crippen molar-refractivity contribution in [1.29, 1.82) is 0 Å². The van der Waals surface area contributed by atoms with E-state index in [1.54, 1.807) is 18.3 Å². The van der Waals surface area contributed by atoms with E-state index < -0.39 is 5.60 Å². The third-order valence-corrected chi connectivity index (χ3v) is 3.02. The van der Waals surface area contributed by atoms with E-state index in [0.29, 0.717) is 31.1 Å². The van der Waals surface area contributed by atoms with E-state index in [0.717, 1.165) is 0 Å². The summed E-state index contributed by atoms with van der Waals surface area (Å²) in [5.74, 6) is 0.674. The van der Waals surface area contributed by atoms with Crippen molar-refractivity contribution in [2.75, 3.05) is 24.2 Å². The Kier molecular flexibility index (Phi) is 2.98. The molecule has 4 N–H and O–H groups in total. The Balaban J connectivity index is 1.97. The van der Waals surface area contributed by atoms with Gasteiger partial charge in [0.15, 0.2) is 0 Å². The molecule has 1 fully saturated rings. The molecule has 1 aromatic heterocycles. The third-order valence-electron chi connectivity index (χ3n) is 3.02. The normalized spacial score (nSPS) is 29.2. The zero-order valence-corrected chi connectivity index (χ0v) is 9.31. The van der Waals surface area contributed by atoms with Gasteiger partial charge in [-0.1, -0.05) is 0 Å². The molecule has 0 radical (unpaired) electrons. The van der Waals surface area contributed by atoms with Gasteiger partial charge in [-0.15, -0.1) is 0 Å². The van der Waals surface area contributed by atoms with Crippen LogP contribution in [-0.4, -0.2) is 34.9 Å². The maximum absolute atomic E-state index is 10.2. The smallest absolute Gasteiger partial charge is 0.128 e. The number of anilines is 2. The predicted molar refractivity (Wildman–Crippen MR) is 62.1 cm³/mol. The Morgan fingerprint density at radius 2 is 2.56 bits per heavy atom. The van der Waals surface area contributed by atoms with Crippen LogP contribution in [0.1, 0.15) is 13.3 Å². The Morgan fingerprint density at radius 1 is 1.75 bits per heavy atom. The summed E-state index contributed by atoms with van der Waals surface area (Å²) in [6, 6.07) is 3.46. The monoisotopic (exact) mass is 223 g/mol. The molecular weight excluding hydrogens is 206 g/mol. The lowest BCUT2D eigenvalue weighted by Gasteiger charge is -2.26. The SMILES string of the molecule is CC1OCCC1(O)CNc1cc(N)ccn1. The lowest BCUT2D eigenvalue weighted by molar-refractivity contribution is -0.0176. The first-order valence-corrected chi connectivity index (χ1v) is 5.39.